The molecule has 1 heterocycles. The minimum Gasteiger partial charge on any atom is -0.353 e. The van der Waals surface area contributed by atoms with Gasteiger partial charge in [0, 0.05) is 24.8 Å². The molecule has 1 rings (SSSR count). The van der Waals surface area contributed by atoms with Crippen molar-refractivity contribution in [3.63, 3.8) is 0 Å². The summed E-state index contributed by atoms with van der Waals surface area (Å²) in [5, 5.41) is 6.04. The summed E-state index contributed by atoms with van der Waals surface area (Å²) in [4.78, 5) is 11.6. The van der Waals surface area contributed by atoms with Crippen molar-refractivity contribution in [2.75, 3.05) is 18.6 Å². The van der Waals surface area contributed by atoms with E-state index < -0.39 is 9.84 Å². The highest BCUT2D eigenvalue weighted by Gasteiger charge is 2.17. The molecule has 0 aromatic rings. The summed E-state index contributed by atoms with van der Waals surface area (Å²) >= 11 is 0. The van der Waals surface area contributed by atoms with Crippen LogP contribution < -0.4 is 10.6 Å². The molecule has 0 aromatic carbocycles. The standard InChI is InChI=1S/C11H22N2O3S/c1-9(8-17(2,15)16)13-11(14)6-5-10-4-3-7-12-10/h9-10,12H,3-8H2,1-2H3,(H,13,14). The van der Waals surface area contributed by atoms with Gasteiger partial charge in [0.2, 0.25) is 5.91 Å². The molecule has 0 aliphatic carbocycles. The number of sulfone groups is 1. The van der Waals surface area contributed by atoms with E-state index in [9.17, 15) is 13.2 Å². The number of carbonyl (C=O) groups excluding carboxylic acids is 1. The highest BCUT2D eigenvalue weighted by atomic mass is 32.2. The van der Waals surface area contributed by atoms with Gasteiger partial charge in [-0.3, -0.25) is 4.79 Å². The van der Waals surface area contributed by atoms with Gasteiger partial charge in [0.05, 0.1) is 5.75 Å². The molecule has 1 aliphatic rings. The Morgan fingerprint density at radius 2 is 2.24 bits per heavy atom. The van der Waals surface area contributed by atoms with Crippen LogP contribution in [0.15, 0.2) is 0 Å². The monoisotopic (exact) mass is 262 g/mol. The number of hydrogen-bond donors (Lipinski definition) is 2. The molecule has 1 aliphatic heterocycles. The van der Waals surface area contributed by atoms with Crippen molar-refractivity contribution in [2.45, 2.75) is 44.7 Å². The summed E-state index contributed by atoms with van der Waals surface area (Å²) in [6, 6.07) is 0.139. The Morgan fingerprint density at radius 1 is 1.53 bits per heavy atom. The normalized spacial score (nSPS) is 22.4. The van der Waals surface area contributed by atoms with Gasteiger partial charge in [-0.1, -0.05) is 0 Å². The lowest BCUT2D eigenvalue weighted by Crippen LogP contribution is -2.37. The van der Waals surface area contributed by atoms with E-state index in [0.29, 0.717) is 12.5 Å². The van der Waals surface area contributed by atoms with Crippen molar-refractivity contribution in [1.29, 1.82) is 0 Å². The van der Waals surface area contributed by atoms with Crippen LogP contribution in [-0.4, -0.2) is 45.0 Å². The lowest BCUT2D eigenvalue weighted by molar-refractivity contribution is -0.121. The fourth-order valence-corrected chi connectivity index (χ4v) is 3.14. The second kappa shape index (κ2) is 6.35. The van der Waals surface area contributed by atoms with Gasteiger partial charge in [0.1, 0.15) is 9.84 Å². The first kappa shape index (κ1) is 14.4. The molecule has 2 unspecified atom stereocenters. The molecule has 2 N–H and O–H groups in total. The second-order valence-electron chi connectivity index (χ2n) is 4.89. The van der Waals surface area contributed by atoms with Crippen LogP contribution in [0.25, 0.3) is 0 Å². The molecule has 17 heavy (non-hydrogen) atoms. The van der Waals surface area contributed by atoms with E-state index in [0.717, 1.165) is 19.4 Å². The minimum atomic E-state index is -3.03. The Morgan fingerprint density at radius 3 is 2.76 bits per heavy atom. The van der Waals surface area contributed by atoms with Crippen LogP contribution in [-0.2, 0) is 14.6 Å². The van der Waals surface area contributed by atoms with E-state index in [1.54, 1.807) is 6.92 Å². The average molecular weight is 262 g/mol. The Balaban J connectivity index is 2.19. The zero-order chi connectivity index (χ0) is 12.9. The van der Waals surface area contributed by atoms with Gasteiger partial charge >= 0.3 is 0 Å². The third-order valence-electron chi connectivity index (χ3n) is 2.84. The summed E-state index contributed by atoms with van der Waals surface area (Å²) in [5.41, 5.74) is 0. The molecule has 6 heteroatoms. The average Bonchev–Trinajstić information content (AvgIpc) is 2.63. The van der Waals surface area contributed by atoms with Gasteiger partial charge in [-0.05, 0) is 32.7 Å². The smallest absolute Gasteiger partial charge is 0.220 e. The fourth-order valence-electron chi connectivity index (χ4n) is 2.15. The van der Waals surface area contributed by atoms with Crippen LogP contribution in [0.4, 0.5) is 0 Å². The highest BCUT2D eigenvalue weighted by molar-refractivity contribution is 7.90. The lowest BCUT2D eigenvalue weighted by atomic mass is 10.1. The largest absolute Gasteiger partial charge is 0.353 e. The molecule has 0 radical (unpaired) electrons. The summed E-state index contributed by atoms with van der Waals surface area (Å²) in [6.45, 7) is 2.75. The zero-order valence-electron chi connectivity index (χ0n) is 10.5. The van der Waals surface area contributed by atoms with Gasteiger partial charge < -0.3 is 10.6 Å². The van der Waals surface area contributed by atoms with Crippen molar-refractivity contribution in [2.24, 2.45) is 0 Å². The Bertz CT molecular complexity index is 348. The molecule has 2 atom stereocenters. The van der Waals surface area contributed by atoms with Crippen LogP contribution in [0.2, 0.25) is 0 Å². The number of hydrogen-bond acceptors (Lipinski definition) is 4. The molecule has 0 saturated carbocycles. The predicted molar refractivity (Wildman–Crippen MR) is 67.6 cm³/mol. The molecule has 1 saturated heterocycles. The van der Waals surface area contributed by atoms with Crippen molar-refractivity contribution < 1.29 is 13.2 Å². The minimum absolute atomic E-state index is 0.000415. The first-order valence-corrected chi connectivity index (χ1v) is 8.13. The third kappa shape index (κ3) is 6.63. The van der Waals surface area contributed by atoms with Crippen molar-refractivity contribution in [1.82, 2.24) is 10.6 Å². The van der Waals surface area contributed by atoms with Gasteiger partial charge in [-0.15, -0.1) is 0 Å². The highest BCUT2D eigenvalue weighted by Crippen LogP contribution is 2.10. The SMILES string of the molecule is CC(CS(C)(=O)=O)NC(=O)CCC1CCCN1. The number of amides is 1. The van der Waals surface area contributed by atoms with Crippen LogP contribution in [0, 0.1) is 0 Å². The third-order valence-corrected chi connectivity index (χ3v) is 3.95. The van der Waals surface area contributed by atoms with Crippen LogP contribution in [0.3, 0.4) is 0 Å². The van der Waals surface area contributed by atoms with E-state index >= 15 is 0 Å². The van der Waals surface area contributed by atoms with Crippen molar-refractivity contribution >= 4 is 15.7 Å². The molecule has 0 aromatic heterocycles. The molecule has 5 nitrogen and oxygen atoms in total. The lowest BCUT2D eigenvalue weighted by Gasteiger charge is -2.14. The Kier molecular flexibility index (Phi) is 5.39. The van der Waals surface area contributed by atoms with Crippen molar-refractivity contribution in [3.05, 3.63) is 0 Å². The second-order valence-corrected chi connectivity index (χ2v) is 7.08. The molecule has 1 amide bonds. The maximum atomic E-state index is 11.6. The number of carbonyl (C=O) groups is 1. The van der Waals surface area contributed by atoms with E-state index in [1.807, 2.05) is 0 Å². The van der Waals surface area contributed by atoms with Crippen molar-refractivity contribution in [3.8, 4) is 0 Å². The predicted octanol–water partition coefficient (Wildman–Crippen LogP) is 0.0679. The maximum Gasteiger partial charge on any atom is 0.220 e. The first-order valence-electron chi connectivity index (χ1n) is 6.07. The van der Waals surface area contributed by atoms with Crippen LogP contribution in [0.1, 0.15) is 32.6 Å². The molecule has 1 fully saturated rings. The molecular formula is C11H22N2O3S. The molecule has 0 spiro atoms. The van der Waals surface area contributed by atoms with Crippen LogP contribution in [0.5, 0.6) is 0 Å². The van der Waals surface area contributed by atoms with E-state index in [1.165, 1.54) is 12.7 Å². The Hall–Kier alpha value is -0.620. The fraction of sp³-hybridized carbons (Fsp3) is 0.909. The van der Waals surface area contributed by atoms with Gasteiger partial charge in [0.25, 0.3) is 0 Å². The zero-order valence-corrected chi connectivity index (χ0v) is 11.3. The van der Waals surface area contributed by atoms with Gasteiger partial charge in [-0.25, -0.2) is 8.42 Å². The molecular weight excluding hydrogens is 240 g/mol. The van der Waals surface area contributed by atoms with Crippen LogP contribution >= 0.6 is 0 Å². The Labute approximate surface area is 103 Å². The summed E-state index contributed by atoms with van der Waals surface area (Å²) in [6.07, 6.45) is 4.78. The van der Waals surface area contributed by atoms with E-state index in [-0.39, 0.29) is 17.7 Å². The first-order chi connectivity index (χ1) is 7.87. The van der Waals surface area contributed by atoms with E-state index in [2.05, 4.69) is 10.6 Å². The number of nitrogens with one attached hydrogen (secondary N) is 2. The molecule has 0 bridgehead atoms. The maximum absolute atomic E-state index is 11.6. The summed E-state index contributed by atoms with van der Waals surface area (Å²) < 4.78 is 22.1. The van der Waals surface area contributed by atoms with Gasteiger partial charge in [-0.2, -0.15) is 0 Å². The summed E-state index contributed by atoms with van der Waals surface area (Å²) in [5.74, 6) is -0.0599. The van der Waals surface area contributed by atoms with E-state index in [4.69, 9.17) is 0 Å². The molecule has 100 valence electrons. The topological polar surface area (TPSA) is 75.3 Å². The quantitative estimate of drug-likeness (QED) is 0.710. The van der Waals surface area contributed by atoms with Gasteiger partial charge in [0.15, 0.2) is 0 Å². The summed E-state index contributed by atoms with van der Waals surface area (Å²) in [7, 11) is -3.03. The number of rotatable bonds is 6.